The molecule has 0 aliphatic heterocycles. The topological polar surface area (TPSA) is 148 Å². The Kier molecular flexibility index (Phi) is 8.02. The first kappa shape index (κ1) is 26.6. The number of carbonyl (C=O) groups excluding carboxylic acids is 1. The fourth-order valence-corrected chi connectivity index (χ4v) is 4.89. The molecule has 192 valence electrons. The van der Waals surface area contributed by atoms with Crippen molar-refractivity contribution in [2.45, 2.75) is 37.4 Å². The van der Waals surface area contributed by atoms with Crippen molar-refractivity contribution in [2.75, 3.05) is 12.4 Å². The summed E-state index contributed by atoms with van der Waals surface area (Å²) in [5.41, 5.74) is 1.06. The van der Waals surface area contributed by atoms with Gasteiger partial charge in [0, 0.05) is 30.3 Å². The molecule has 1 fully saturated rings. The SMILES string of the molecule is CNS(=O)(=O)O[C@@H]1C[C@@H](Nc2ncncc2C(=O)c2ccn(Cc3ccc(Cl)c(Br)c3)n2)[C@@H](F)[C@@H]1O. The number of benzene rings is 1. The highest BCUT2D eigenvalue weighted by atomic mass is 79.9. The largest absolute Gasteiger partial charge is 0.387 e. The molecule has 36 heavy (non-hydrogen) atoms. The quantitative estimate of drug-likeness (QED) is 0.313. The Morgan fingerprint density at radius 3 is 2.89 bits per heavy atom. The molecule has 1 aromatic carbocycles. The number of aliphatic hydroxyl groups is 1. The fourth-order valence-electron chi connectivity index (χ4n) is 3.73. The van der Waals surface area contributed by atoms with Gasteiger partial charge in [-0.25, -0.2) is 14.4 Å². The molecule has 1 saturated carbocycles. The summed E-state index contributed by atoms with van der Waals surface area (Å²) in [5.74, 6) is -0.489. The summed E-state index contributed by atoms with van der Waals surface area (Å²) >= 11 is 9.40. The third-order valence-electron chi connectivity index (χ3n) is 5.56. The minimum Gasteiger partial charge on any atom is -0.387 e. The van der Waals surface area contributed by atoms with Gasteiger partial charge in [0.05, 0.1) is 23.2 Å². The average molecular weight is 604 g/mol. The van der Waals surface area contributed by atoms with Gasteiger partial charge in [-0.05, 0) is 39.7 Å². The molecule has 0 unspecified atom stereocenters. The molecule has 4 rings (SSSR count). The monoisotopic (exact) mass is 602 g/mol. The van der Waals surface area contributed by atoms with Crippen LogP contribution < -0.4 is 10.0 Å². The van der Waals surface area contributed by atoms with E-state index in [1.807, 2.05) is 16.9 Å². The summed E-state index contributed by atoms with van der Waals surface area (Å²) in [6.45, 7) is 0.389. The highest BCUT2D eigenvalue weighted by Crippen LogP contribution is 2.30. The summed E-state index contributed by atoms with van der Waals surface area (Å²) in [6, 6.07) is 5.90. The van der Waals surface area contributed by atoms with Gasteiger partial charge >= 0.3 is 10.3 Å². The Morgan fingerprint density at radius 1 is 1.39 bits per heavy atom. The van der Waals surface area contributed by atoms with Crippen LogP contribution in [0.2, 0.25) is 5.02 Å². The number of ketones is 1. The van der Waals surface area contributed by atoms with Crippen LogP contribution in [0.25, 0.3) is 0 Å². The van der Waals surface area contributed by atoms with Crippen LogP contribution in [0.3, 0.4) is 0 Å². The van der Waals surface area contributed by atoms with E-state index in [2.05, 4.69) is 36.3 Å². The second kappa shape index (κ2) is 10.9. The molecule has 1 aliphatic carbocycles. The Hall–Kier alpha value is -2.49. The summed E-state index contributed by atoms with van der Waals surface area (Å²) in [4.78, 5) is 21.1. The fraction of sp³-hybridized carbons (Fsp3) is 0.333. The third-order valence-corrected chi connectivity index (χ3v) is 7.77. The molecule has 2 heterocycles. The minimum absolute atomic E-state index is 0.0168. The molecule has 4 atom stereocenters. The zero-order chi connectivity index (χ0) is 26.0. The van der Waals surface area contributed by atoms with Crippen molar-refractivity contribution in [1.29, 1.82) is 0 Å². The maximum Gasteiger partial charge on any atom is 0.335 e. The van der Waals surface area contributed by atoms with Crippen molar-refractivity contribution in [2.24, 2.45) is 0 Å². The molecule has 0 saturated heterocycles. The first-order valence-corrected chi connectivity index (χ1v) is 13.2. The van der Waals surface area contributed by atoms with Crippen LogP contribution in [0.4, 0.5) is 10.2 Å². The van der Waals surface area contributed by atoms with E-state index in [9.17, 15) is 22.7 Å². The molecule has 2 aromatic heterocycles. The Bertz CT molecular complexity index is 1380. The summed E-state index contributed by atoms with van der Waals surface area (Å²) in [6.07, 6.45) is -1.000. The standard InChI is InChI=1S/C21H21BrClFN6O5S/c1-25-36(33,34)35-17-7-16(18(24)20(17)32)28-21-12(8-26-10-27-21)19(31)15-4-5-30(29-15)9-11-2-3-14(23)13(22)6-11/h2-6,8,10,16-18,20,25,32H,7,9H2,1H3,(H,26,27,28)/t16-,17-,18-,20-/m1/s1. The van der Waals surface area contributed by atoms with Crippen molar-refractivity contribution >= 4 is 49.4 Å². The van der Waals surface area contributed by atoms with Crippen LogP contribution in [0.15, 0.2) is 47.5 Å². The van der Waals surface area contributed by atoms with E-state index in [0.29, 0.717) is 11.6 Å². The van der Waals surface area contributed by atoms with Crippen LogP contribution in [0.5, 0.6) is 0 Å². The molecule has 1 aliphatic rings. The number of hydrogen-bond acceptors (Lipinski definition) is 9. The van der Waals surface area contributed by atoms with E-state index in [-0.39, 0.29) is 23.5 Å². The van der Waals surface area contributed by atoms with Crippen molar-refractivity contribution in [3.63, 3.8) is 0 Å². The molecular weight excluding hydrogens is 583 g/mol. The predicted octanol–water partition coefficient (Wildman–Crippen LogP) is 2.10. The van der Waals surface area contributed by atoms with Crippen LogP contribution >= 0.6 is 27.5 Å². The van der Waals surface area contributed by atoms with Gasteiger partial charge in [-0.3, -0.25) is 13.7 Å². The lowest BCUT2D eigenvalue weighted by Gasteiger charge is -2.17. The van der Waals surface area contributed by atoms with Crippen molar-refractivity contribution < 1.29 is 26.9 Å². The number of carbonyl (C=O) groups is 1. The minimum atomic E-state index is -4.14. The molecule has 15 heteroatoms. The average Bonchev–Trinajstić information content (AvgIpc) is 3.41. The molecule has 0 radical (unpaired) electrons. The smallest absolute Gasteiger partial charge is 0.335 e. The van der Waals surface area contributed by atoms with Gasteiger partial charge in [-0.1, -0.05) is 17.7 Å². The number of alkyl halides is 1. The van der Waals surface area contributed by atoms with Gasteiger partial charge in [-0.2, -0.15) is 18.2 Å². The van der Waals surface area contributed by atoms with E-state index in [4.69, 9.17) is 15.8 Å². The lowest BCUT2D eigenvalue weighted by atomic mass is 10.1. The van der Waals surface area contributed by atoms with Gasteiger partial charge in [-0.15, -0.1) is 0 Å². The van der Waals surface area contributed by atoms with Crippen molar-refractivity contribution in [1.82, 2.24) is 24.5 Å². The van der Waals surface area contributed by atoms with E-state index in [1.54, 1.807) is 16.9 Å². The number of nitrogens with zero attached hydrogens (tertiary/aromatic N) is 4. The molecule has 3 N–H and O–H groups in total. The number of halogens is 3. The van der Waals surface area contributed by atoms with Gasteiger partial charge in [0.1, 0.15) is 36.2 Å². The van der Waals surface area contributed by atoms with E-state index in [0.717, 1.165) is 17.1 Å². The maximum absolute atomic E-state index is 14.8. The second-order valence-corrected chi connectivity index (χ2v) is 10.7. The Morgan fingerprint density at radius 2 is 2.17 bits per heavy atom. The number of aliphatic hydroxyl groups excluding tert-OH is 1. The Balaban J connectivity index is 1.49. The van der Waals surface area contributed by atoms with E-state index in [1.165, 1.54) is 18.6 Å². The van der Waals surface area contributed by atoms with Gasteiger partial charge in [0.2, 0.25) is 5.78 Å². The first-order valence-electron chi connectivity index (χ1n) is 10.6. The lowest BCUT2D eigenvalue weighted by molar-refractivity contribution is 0.0248. The van der Waals surface area contributed by atoms with E-state index < -0.39 is 40.5 Å². The lowest BCUT2D eigenvalue weighted by Crippen LogP contribution is -2.35. The molecule has 11 nitrogen and oxygen atoms in total. The number of aromatic nitrogens is 4. The normalized spacial score (nSPS) is 22.0. The molecule has 0 spiro atoms. The first-order chi connectivity index (χ1) is 17.1. The summed E-state index contributed by atoms with van der Waals surface area (Å²) < 4.78 is 47.1. The van der Waals surface area contributed by atoms with Crippen molar-refractivity contribution in [3.05, 3.63) is 69.3 Å². The number of anilines is 1. The van der Waals surface area contributed by atoms with Gasteiger partial charge < -0.3 is 10.4 Å². The predicted molar refractivity (Wildman–Crippen MR) is 132 cm³/mol. The zero-order valence-electron chi connectivity index (χ0n) is 18.7. The second-order valence-electron chi connectivity index (χ2n) is 7.98. The number of nitrogens with one attached hydrogen (secondary N) is 2. The summed E-state index contributed by atoms with van der Waals surface area (Å²) in [5, 5.41) is 17.8. The highest BCUT2D eigenvalue weighted by molar-refractivity contribution is 9.10. The maximum atomic E-state index is 14.8. The van der Waals surface area contributed by atoms with Crippen LogP contribution in [-0.2, 0) is 21.0 Å². The Labute approximate surface area is 219 Å². The van der Waals surface area contributed by atoms with Crippen LogP contribution in [-0.4, -0.2) is 70.5 Å². The third kappa shape index (κ3) is 5.90. The van der Waals surface area contributed by atoms with Crippen molar-refractivity contribution in [3.8, 4) is 0 Å². The molecule has 0 amide bonds. The molecule has 0 bridgehead atoms. The zero-order valence-corrected chi connectivity index (χ0v) is 21.8. The van der Waals surface area contributed by atoms with Gasteiger partial charge in [0.25, 0.3) is 0 Å². The van der Waals surface area contributed by atoms with E-state index >= 15 is 0 Å². The number of hydrogen-bond donors (Lipinski definition) is 3. The van der Waals surface area contributed by atoms with Gasteiger partial charge in [0.15, 0.2) is 0 Å². The van der Waals surface area contributed by atoms with Crippen LogP contribution in [0, 0.1) is 0 Å². The van der Waals surface area contributed by atoms with Crippen LogP contribution in [0.1, 0.15) is 28.0 Å². The number of rotatable bonds is 9. The molecule has 3 aromatic rings. The highest BCUT2D eigenvalue weighted by Gasteiger charge is 2.46. The summed E-state index contributed by atoms with van der Waals surface area (Å²) in [7, 11) is -3.01. The molecular formula is C21H21BrClFN6O5S.